The first kappa shape index (κ1) is 19.3. The van der Waals surface area contributed by atoms with Crippen LogP contribution in [0.2, 0.25) is 0 Å². The van der Waals surface area contributed by atoms with E-state index in [1.165, 1.54) is 0 Å². The third kappa shape index (κ3) is 4.83. The molecule has 2 atom stereocenters. The Morgan fingerprint density at radius 3 is 2.48 bits per heavy atom. The number of carbonyl (C=O) groups is 2. The van der Waals surface area contributed by atoms with Crippen molar-refractivity contribution < 1.29 is 19.4 Å². The summed E-state index contributed by atoms with van der Waals surface area (Å²) in [5.41, 5.74) is 2.14. The van der Waals surface area contributed by atoms with Gasteiger partial charge in [0.2, 0.25) is 0 Å². The van der Waals surface area contributed by atoms with Crippen molar-refractivity contribution in [3.63, 3.8) is 0 Å². The van der Waals surface area contributed by atoms with Gasteiger partial charge in [-0.2, -0.15) is 11.8 Å². The van der Waals surface area contributed by atoms with Gasteiger partial charge in [-0.15, -0.1) is 0 Å². The van der Waals surface area contributed by atoms with Gasteiger partial charge in [0.05, 0.1) is 11.6 Å². The monoisotopic (exact) mass is 385 g/mol. The number of thioether (sulfide) groups is 1. The Balaban J connectivity index is 1.74. The number of hydrogen-bond donors (Lipinski definition) is 1. The summed E-state index contributed by atoms with van der Waals surface area (Å²) in [5.74, 6) is -0.952. The van der Waals surface area contributed by atoms with E-state index in [2.05, 4.69) is 6.26 Å². The number of aromatic carboxylic acids is 1. The van der Waals surface area contributed by atoms with Gasteiger partial charge < -0.3 is 14.7 Å². The van der Waals surface area contributed by atoms with Crippen molar-refractivity contribution in [1.82, 2.24) is 4.90 Å². The topological polar surface area (TPSA) is 66.8 Å². The van der Waals surface area contributed by atoms with Crippen molar-refractivity contribution in [3.05, 3.63) is 71.3 Å². The number of carboxylic acids is 1. The molecular formula is C21H23NO4S. The van der Waals surface area contributed by atoms with Gasteiger partial charge in [0, 0.05) is 11.8 Å². The van der Waals surface area contributed by atoms with Crippen LogP contribution in [0.15, 0.2) is 54.6 Å². The molecule has 1 heterocycles. The average molecular weight is 385 g/mol. The molecular weight excluding hydrogens is 362 g/mol. The van der Waals surface area contributed by atoms with Crippen molar-refractivity contribution in [3.8, 4) is 0 Å². The zero-order valence-corrected chi connectivity index (χ0v) is 16.0. The fourth-order valence-corrected chi connectivity index (χ4v) is 4.05. The lowest BCUT2D eigenvalue weighted by Gasteiger charge is -2.38. The van der Waals surface area contributed by atoms with E-state index in [-0.39, 0.29) is 24.3 Å². The van der Waals surface area contributed by atoms with Gasteiger partial charge in [0.25, 0.3) is 0 Å². The van der Waals surface area contributed by atoms with Gasteiger partial charge in [-0.05, 0) is 42.4 Å². The second-order valence-corrected chi connectivity index (χ2v) is 7.70. The van der Waals surface area contributed by atoms with Crippen LogP contribution in [0.3, 0.4) is 0 Å². The Hall–Kier alpha value is -2.47. The third-order valence-corrected chi connectivity index (χ3v) is 5.96. The normalized spacial score (nSPS) is 19.5. The van der Waals surface area contributed by atoms with Crippen LogP contribution in [-0.4, -0.2) is 40.1 Å². The molecule has 5 nitrogen and oxygen atoms in total. The molecule has 1 aliphatic heterocycles. The molecule has 1 aliphatic rings. The lowest BCUT2D eigenvalue weighted by Crippen LogP contribution is -2.42. The summed E-state index contributed by atoms with van der Waals surface area (Å²) in [4.78, 5) is 25.6. The molecule has 1 saturated heterocycles. The molecule has 6 heteroatoms. The molecule has 0 spiro atoms. The molecule has 3 rings (SSSR count). The average Bonchev–Trinajstić information content (AvgIpc) is 2.72. The molecule has 0 bridgehead atoms. The van der Waals surface area contributed by atoms with E-state index in [0.717, 1.165) is 24.0 Å². The summed E-state index contributed by atoms with van der Waals surface area (Å²) in [6.45, 7) is 0.872. The van der Waals surface area contributed by atoms with E-state index < -0.39 is 5.97 Å². The number of hydrogen-bond acceptors (Lipinski definition) is 4. The molecule has 2 aromatic carbocycles. The summed E-state index contributed by atoms with van der Waals surface area (Å²) >= 11 is 1.80. The van der Waals surface area contributed by atoms with Crippen molar-refractivity contribution in [1.29, 1.82) is 0 Å². The highest BCUT2D eigenvalue weighted by molar-refractivity contribution is 7.99. The van der Waals surface area contributed by atoms with Crippen LogP contribution in [0.1, 0.15) is 40.4 Å². The Bertz CT molecular complexity index is 779. The standard InChI is InChI=1S/C21H23NO4S/c1-27-18-11-12-22(21(25)26-14-15-5-3-2-4-6-15)19(13-18)16-7-9-17(10-8-16)20(23)24/h2-10,18-19H,11-14H2,1H3,(H,23,24)/t18-,19-/m0/s1. The number of rotatable bonds is 5. The van der Waals surface area contributed by atoms with Gasteiger partial charge >= 0.3 is 12.1 Å². The van der Waals surface area contributed by atoms with Gasteiger partial charge in [-0.25, -0.2) is 9.59 Å². The molecule has 0 unspecified atom stereocenters. The zero-order valence-electron chi connectivity index (χ0n) is 15.2. The Kier molecular flexibility index (Phi) is 6.40. The molecule has 1 amide bonds. The number of piperidine rings is 1. The molecule has 0 saturated carbocycles. The maximum Gasteiger partial charge on any atom is 0.410 e. The number of benzene rings is 2. The number of amides is 1. The molecule has 1 fully saturated rings. The smallest absolute Gasteiger partial charge is 0.410 e. The summed E-state index contributed by atoms with van der Waals surface area (Å²) in [5, 5.41) is 9.56. The SMILES string of the molecule is CS[C@H]1CCN(C(=O)OCc2ccccc2)[C@H](c2ccc(C(=O)O)cc2)C1. The van der Waals surface area contributed by atoms with Gasteiger partial charge in [-0.3, -0.25) is 0 Å². The first-order valence-electron chi connectivity index (χ1n) is 8.92. The Morgan fingerprint density at radius 2 is 1.85 bits per heavy atom. The van der Waals surface area contributed by atoms with Crippen LogP contribution >= 0.6 is 11.8 Å². The zero-order chi connectivity index (χ0) is 19.2. The van der Waals surface area contributed by atoms with E-state index in [1.54, 1.807) is 40.9 Å². The maximum atomic E-state index is 12.7. The molecule has 0 aromatic heterocycles. The van der Waals surface area contributed by atoms with E-state index in [0.29, 0.717) is 11.8 Å². The quantitative estimate of drug-likeness (QED) is 0.815. The molecule has 27 heavy (non-hydrogen) atoms. The van der Waals surface area contributed by atoms with Crippen LogP contribution in [0.4, 0.5) is 4.79 Å². The first-order valence-corrected chi connectivity index (χ1v) is 10.2. The minimum absolute atomic E-state index is 0.109. The Morgan fingerprint density at radius 1 is 1.15 bits per heavy atom. The number of likely N-dealkylation sites (tertiary alicyclic amines) is 1. The lowest BCUT2D eigenvalue weighted by molar-refractivity contribution is 0.0679. The van der Waals surface area contributed by atoms with E-state index in [1.807, 2.05) is 30.3 Å². The second-order valence-electron chi connectivity index (χ2n) is 6.56. The molecule has 2 aromatic rings. The van der Waals surface area contributed by atoms with Gasteiger partial charge in [0.1, 0.15) is 6.61 Å². The van der Waals surface area contributed by atoms with Crippen LogP contribution < -0.4 is 0 Å². The minimum Gasteiger partial charge on any atom is -0.478 e. The Labute approximate surface area is 163 Å². The second kappa shape index (κ2) is 8.95. The van der Waals surface area contributed by atoms with Gasteiger partial charge in [-0.1, -0.05) is 42.5 Å². The molecule has 142 valence electrons. The molecule has 1 N–H and O–H groups in total. The minimum atomic E-state index is -0.952. The summed E-state index contributed by atoms with van der Waals surface area (Å²) in [7, 11) is 0. The van der Waals surface area contributed by atoms with E-state index in [4.69, 9.17) is 9.84 Å². The van der Waals surface area contributed by atoms with E-state index >= 15 is 0 Å². The van der Waals surface area contributed by atoms with Crippen molar-refractivity contribution >= 4 is 23.8 Å². The number of ether oxygens (including phenoxy) is 1. The highest BCUT2D eigenvalue weighted by atomic mass is 32.2. The van der Waals surface area contributed by atoms with Gasteiger partial charge in [0.15, 0.2) is 0 Å². The number of nitrogens with zero attached hydrogens (tertiary/aromatic N) is 1. The fraction of sp³-hybridized carbons (Fsp3) is 0.333. The number of carbonyl (C=O) groups excluding carboxylic acids is 1. The molecule has 0 radical (unpaired) electrons. The predicted molar refractivity (Wildman–Crippen MR) is 106 cm³/mol. The summed E-state index contributed by atoms with van der Waals surface area (Å²) < 4.78 is 5.54. The van der Waals surface area contributed by atoms with Crippen molar-refractivity contribution in [2.75, 3.05) is 12.8 Å². The van der Waals surface area contributed by atoms with Crippen molar-refractivity contribution in [2.24, 2.45) is 0 Å². The van der Waals surface area contributed by atoms with E-state index in [9.17, 15) is 9.59 Å². The lowest BCUT2D eigenvalue weighted by atomic mass is 9.94. The maximum absolute atomic E-state index is 12.7. The summed E-state index contributed by atoms with van der Waals surface area (Å²) in [6, 6.07) is 16.3. The number of carboxylic acid groups (broad SMARTS) is 1. The largest absolute Gasteiger partial charge is 0.478 e. The fourth-order valence-electron chi connectivity index (χ4n) is 3.33. The molecule has 0 aliphatic carbocycles. The summed E-state index contributed by atoms with van der Waals surface area (Å²) in [6.07, 6.45) is 3.50. The first-order chi connectivity index (χ1) is 13.1. The highest BCUT2D eigenvalue weighted by Crippen LogP contribution is 2.36. The highest BCUT2D eigenvalue weighted by Gasteiger charge is 2.33. The van der Waals surface area contributed by atoms with Crippen LogP contribution in [0.5, 0.6) is 0 Å². The van der Waals surface area contributed by atoms with Crippen LogP contribution in [0, 0.1) is 0 Å². The van der Waals surface area contributed by atoms with Crippen molar-refractivity contribution in [2.45, 2.75) is 30.7 Å². The predicted octanol–water partition coefficient (Wildman–Crippen LogP) is 4.59. The third-order valence-electron chi connectivity index (χ3n) is 4.87. The van der Waals surface area contributed by atoms with Crippen LogP contribution in [0.25, 0.3) is 0 Å². The van der Waals surface area contributed by atoms with Crippen LogP contribution in [-0.2, 0) is 11.3 Å².